The van der Waals surface area contributed by atoms with Gasteiger partial charge in [-0.1, -0.05) is 25.6 Å². The molecule has 1 N–H and O–H groups in total. The summed E-state index contributed by atoms with van der Waals surface area (Å²) in [6, 6.07) is 0.0732. The molecule has 1 fully saturated rings. The summed E-state index contributed by atoms with van der Waals surface area (Å²) < 4.78 is 22.7. The van der Waals surface area contributed by atoms with Gasteiger partial charge in [-0.25, -0.2) is 8.42 Å². The van der Waals surface area contributed by atoms with Crippen molar-refractivity contribution >= 4 is 26.8 Å². The predicted octanol–water partition coefficient (Wildman–Crippen LogP) is 1.28. The highest BCUT2D eigenvalue weighted by Crippen LogP contribution is 2.26. The van der Waals surface area contributed by atoms with E-state index < -0.39 is 9.84 Å². The Labute approximate surface area is 108 Å². The van der Waals surface area contributed by atoms with E-state index in [2.05, 4.69) is 24.2 Å². The van der Waals surface area contributed by atoms with Gasteiger partial charge in [0.2, 0.25) is 0 Å². The monoisotopic (exact) mass is 276 g/mol. The molecule has 0 bridgehead atoms. The summed E-state index contributed by atoms with van der Waals surface area (Å²) in [5, 5.41) is 4.78. The largest absolute Gasteiger partial charge is 0.361 e. The molecule has 2 rings (SSSR count). The van der Waals surface area contributed by atoms with Crippen molar-refractivity contribution in [3.63, 3.8) is 0 Å². The quantitative estimate of drug-likeness (QED) is 0.843. The highest BCUT2D eigenvalue weighted by Gasteiger charge is 2.30. The molecule has 1 saturated heterocycles. The van der Waals surface area contributed by atoms with Crippen LogP contribution in [0.1, 0.15) is 26.7 Å². The van der Waals surface area contributed by atoms with Crippen LogP contribution in [-0.2, 0) is 9.84 Å². The number of hydrogen-bond acceptors (Lipinski definition) is 5. The standard InChI is InChI=1S/C11H20N2O2S2/c1-8(2)5-10-6-12-11(16-10)13-9-3-4-17(14,15)7-9/h8-10H,3-7H2,1-2H3,(H,12,13). The number of hydrogen-bond donors (Lipinski definition) is 1. The second-order valence-electron chi connectivity index (χ2n) is 5.26. The first-order valence-corrected chi connectivity index (χ1v) is 8.83. The molecule has 0 aromatic carbocycles. The molecule has 2 aliphatic heterocycles. The zero-order valence-electron chi connectivity index (χ0n) is 10.3. The molecule has 17 heavy (non-hydrogen) atoms. The van der Waals surface area contributed by atoms with Gasteiger partial charge in [-0.15, -0.1) is 0 Å². The van der Waals surface area contributed by atoms with Crippen LogP contribution in [0, 0.1) is 5.92 Å². The van der Waals surface area contributed by atoms with Crippen LogP contribution in [0.3, 0.4) is 0 Å². The van der Waals surface area contributed by atoms with E-state index in [1.165, 1.54) is 6.42 Å². The van der Waals surface area contributed by atoms with Crippen LogP contribution >= 0.6 is 11.8 Å². The Hall–Kier alpha value is -0.230. The van der Waals surface area contributed by atoms with Crippen LogP contribution in [0.4, 0.5) is 0 Å². The SMILES string of the molecule is CC(C)CC1CN=C(NC2CCS(=O)(=O)C2)S1. The molecule has 0 spiro atoms. The number of nitrogens with zero attached hydrogens (tertiary/aromatic N) is 1. The fraction of sp³-hybridized carbons (Fsp3) is 0.909. The van der Waals surface area contributed by atoms with Crippen LogP contribution in [-0.4, -0.2) is 42.9 Å². The van der Waals surface area contributed by atoms with Crippen molar-refractivity contribution < 1.29 is 8.42 Å². The van der Waals surface area contributed by atoms with Crippen molar-refractivity contribution in [2.24, 2.45) is 10.9 Å². The highest BCUT2D eigenvalue weighted by atomic mass is 32.2. The van der Waals surface area contributed by atoms with E-state index in [9.17, 15) is 8.42 Å². The Morgan fingerprint density at radius 2 is 2.29 bits per heavy atom. The van der Waals surface area contributed by atoms with Gasteiger partial charge in [0.25, 0.3) is 0 Å². The van der Waals surface area contributed by atoms with E-state index in [4.69, 9.17) is 0 Å². The van der Waals surface area contributed by atoms with Gasteiger partial charge < -0.3 is 5.32 Å². The minimum atomic E-state index is -2.80. The van der Waals surface area contributed by atoms with E-state index in [-0.39, 0.29) is 11.8 Å². The molecule has 2 aliphatic rings. The van der Waals surface area contributed by atoms with Crippen molar-refractivity contribution in [3.8, 4) is 0 Å². The van der Waals surface area contributed by atoms with Crippen molar-refractivity contribution in [2.45, 2.75) is 38.0 Å². The summed E-state index contributed by atoms with van der Waals surface area (Å²) in [7, 11) is -2.80. The smallest absolute Gasteiger partial charge is 0.157 e. The molecule has 0 aliphatic carbocycles. The molecule has 0 amide bonds. The third-order valence-corrected chi connectivity index (χ3v) is 5.92. The second-order valence-corrected chi connectivity index (χ2v) is 8.78. The summed E-state index contributed by atoms with van der Waals surface area (Å²) in [6.45, 7) is 5.30. The van der Waals surface area contributed by atoms with E-state index in [0.717, 1.165) is 18.1 Å². The van der Waals surface area contributed by atoms with Crippen LogP contribution in [0.5, 0.6) is 0 Å². The van der Waals surface area contributed by atoms with Crippen LogP contribution in [0.2, 0.25) is 0 Å². The number of rotatable bonds is 3. The topological polar surface area (TPSA) is 58.5 Å². The first kappa shape index (κ1) is 13.2. The molecule has 4 nitrogen and oxygen atoms in total. The minimum absolute atomic E-state index is 0.0732. The van der Waals surface area contributed by atoms with Crippen molar-refractivity contribution in [1.82, 2.24) is 5.32 Å². The van der Waals surface area contributed by atoms with Gasteiger partial charge in [-0.05, 0) is 18.8 Å². The van der Waals surface area contributed by atoms with Crippen LogP contribution in [0.25, 0.3) is 0 Å². The molecule has 0 radical (unpaired) electrons. The van der Waals surface area contributed by atoms with Gasteiger partial charge in [0.1, 0.15) is 0 Å². The molecule has 2 unspecified atom stereocenters. The molecule has 2 atom stereocenters. The van der Waals surface area contributed by atoms with Gasteiger partial charge in [0, 0.05) is 11.3 Å². The minimum Gasteiger partial charge on any atom is -0.361 e. The molecular weight excluding hydrogens is 256 g/mol. The zero-order chi connectivity index (χ0) is 12.5. The summed E-state index contributed by atoms with van der Waals surface area (Å²) >= 11 is 1.77. The third-order valence-electron chi connectivity index (χ3n) is 3.01. The lowest BCUT2D eigenvalue weighted by Crippen LogP contribution is -2.33. The molecule has 0 aromatic rings. The van der Waals surface area contributed by atoms with E-state index in [1.807, 2.05) is 0 Å². The zero-order valence-corrected chi connectivity index (χ0v) is 12.0. The lowest BCUT2D eigenvalue weighted by Gasteiger charge is -2.13. The van der Waals surface area contributed by atoms with Crippen molar-refractivity contribution in [3.05, 3.63) is 0 Å². The molecule has 0 aromatic heterocycles. The molecular formula is C11H20N2O2S2. The normalized spacial score (nSPS) is 31.8. The number of nitrogens with one attached hydrogen (secondary N) is 1. The van der Waals surface area contributed by atoms with E-state index in [1.54, 1.807) is 11.8 Å². The predicted molar refractivity (Wildman–Crippen MR) is 73.3 cm³/mol. The Kier molecular flexibility index (Phi) is 4.02. The lowest BCUT2D eigenvalue weighted by atomic mass is 10.1. The Bertz CT molecular complexity index is 404. The summed E-state index contributed by atoms with van der Waals surface area (Å²) in [4.78, 5) is 4.46. The second kappa shape index (κ2) is 5.18. The first-order chi connectivity index (χ1) is 7.94. The third kappa shape index (κ3) is 3.88. The average Bonchev–Trinajstić information content (AvgIpc) is 2.73. The number of amidine groups is 1. The maximum Gasteiger partial charge on any atom is 0.157 e. The molecule has 6 heteroatoms. The highest BCUT2D eigenvalue weighted by molar-refractivity contribution is 8.14. The number of aliphatic imine (C=N–C) groups is 1. The van der Waals surface area contributed by atoms with E-state index >= 15 is 0 Å². The van der Waals surface area contributed by atoms with Gasteiger partial charge in [0.05, 0.1) is 18.1 Å². The van der Waals surface area contributed by atoms with Gasteiger partial charge in [0.15, 0.2) is 15.0 Å². The van der Waals surface area contributed by atoms with Crippen molar-refractivity contribution in [2.75, 3.05) is 18.1 Å². The fourth-order valence-electron chi connectivity index (χ4n) is 2.23. The number of thioether (sulfide) groups is 1. The van der Waals surface area contributed by atoms with Crippen LogP contribution in [0.15, 0.2) is 4.99 Å². The molecule has 0 saturated carbocycles. The summed E-state index contributed by atoms with van der Waals surface area (Å²) in [5.74, 6) is 1.27. The van der Waals surface area contributed by atoms with Gasteiger partial charge in [-0.3, -0.25) is 4.99 Å². The maximum atomic E-state index is 11.3. The Balaban J connectivity index is 1.79. The van der Waals surface area contributed by atoms with Gasteiger partial charge >= 0.3 is 0 Å². The summed E-state index contributed by atoms with van der Waals surface area (Å²) in [6.07, 6.45) is 1.89. The maximum absolute atomic E-state index is 11.3. The Morgan fingerprint density at radius 3 is 2.88 bits per heavy atom. The number of sulfone groups is 1. The van der Waals surface area contributed by atoms with E-state index in [0.29, 0.717) is 16.9 Å². The van der Waals surface area contributed by atoms with Gasteiger partial charge in [-0.2, -0.15) is 0 Å². The Morgan fingerprint density at radius 1 is 1.53 bits per heavy atom. The molecule has 2 heterocycles. The van der Waals surface area contributed by atoms with Crippen LogP contribution < -0.4 is 5.32 Å². The lowest BCUT2D eigenvalue weighted by molar-refractivity contribution is 0.575. The average molecular weight is 276 g/mol. The van der Waals surface area contributed by atoms with Crippen molar-refractivity contribution in [1.29, 1.82) is 0 Å². The summed E-state index contributed by atoms with van der Waals surface area (Å²) in [5.41, 5.74) is 0. The molecule has 98 valence electrons. The first-order valence-electron chi connectivity index (χ1n) is 6.12. The fourth-order valence-corrected chi connectivity index (χ4v) is 5.23.